The summed E-state index contributed by atoms with van der Waals surface area (Å²) in [6.07, 6.45) is 3.00. The van der Waals surface area contributed by atoms with E-state index in [1.807, 2.05) is 0 Å². The first kappa shape index (κ1) is 7.47. The molecule has 0 bridgehead atoms. The second kappa shape index (κ2) is 3.51. The fourth-order valence-electron chi connectivity index (χ4n) is 1.28. The molecule has 0 radical (unpaired) electrons. The number of rotatable bonds is 2. The Morgan fingerprint density at radius 3 is 2.90 bits per heavy atom. The molecule has 1 N–H and O–H groups in total. The molecule has 1 saturated heterocycles. The first-order valence-electron chi connectivity index (χ1n) is 3.59. The Bertz CT molecular complexity index is 118. The monoisotopic (exact) mass is 144 g/mol. The normalized spacial score (nSPS) is 26.5. The smallest absolute Gasteiger partial charge is 0.0733 e. The van der Waals surface area contributed by atoms with Gasteiger partial charge in [0.1, 0.15) is 0 Å². The summed E-state index contributed by atoms with van der Waals surface area (Å²) in [6, 6.07) is -0.0220. The van der Waals surface area contributed by atoms with E-state index in [0.717, 1.165) is 19.3 Å². The molecule has 0 aromatic rings. The Labute approximate surface area is 59.8 Å². The van der Waals surface area contributed by atoms with Gasteiger partial charge in [-0.05, 0) is 19.3 Å². The van der Waals surface area contributed by atoms with E-state index >= 15 is 0 Å². The third-order valence-electron chi connectivity index (χ3n) is 1.91. The van der Waals surface area contributed by atoms with E-state index < -0.39 is 0 Å². The molecule has 4 heteroatoms. The lowest BCUT2D eigenvalue weighted by Gasteiger charge is -2.28. The Balaban J connectivity index is 2.41. The van der Waals surface area contributed by atoms with Crippen LogP contribution in [0.5, 0.6) is 0 Å². The van der Waals surface area contributed by atoms with Gasteiger partial charge in [-0.3, -0.25) is 5.01 Å². The van der Waals surface area contributed by atoms with Crippen molar-refractivity contribution in [3.05, 3.63) is 4.91 Å². The van der Waals surface area contributed by atoms with Crippen LogP contribution in [0.4, 0.5) is 0 Å². The van der Waals surface area contributed by atoms with Crippen molar-refractivity contribution < 1.29 is 5.11 Å². The molecule has 0 amide bonds. The predicted octanol–water partition coefficient (Wildman–Crippen LogP) is 0.515. The summed E-state index contributed by atoms with van der Waals surface area (Å²) in [7, 11) is 0. The quantitative estimate of drug-likeness (QED) is 0.574. The Morgan fingerprint density at radius 1 is 1.60 bits per heavy atom. The van der Waals surface area contributed by atoms with Crippen LogP contribution in [0.3, 0.4) is 0 Å². The lowest BCUT2D eigenvalue weighted by atomic mass is 10.1. The van der Waals surface area contributed by atoms with Crippen molar-refractivity contribution in [2.24, 2.45) is 5.29 Å². The van der Waals surface area contributed by atoms with Crippen LogP contribution in [0, 0.1) is 4.91 Å². The number of aliphatic hydroxyl groups excluding tert-OH is 1. The molecule has 1 aliphatic heterocycles. The summed E-state index contributed by atoms with van der Waals surface area (Å²) < 4.78 is 0. The van der Waals surface area contributed by atoms with E-state index in [4.69, 9.17) is 5.11 Å². The van der Waals surface area contributed by atoms with Crippen LogP contribution < -0.4 is 0 Å². The summed E-state index contributed by atoms with van der Waals surface area (Å²) in [5.74, 6) is 0. The summed E-state index contributed by atoms with van der Waals surface area (Å²) in [5.41, 5.74) is 0. The second-order valence-electron chi connectivity index (χ2n) is 2.58. The van der Waals surface area contributed by atoms with Gasteiger partial charge in [0.05, 0.1) is 17.9 Å². The van der Waals surface area contributed by atoms with E-state index in [0.29, 0.717) is 6.54 Å². The molecule has 1 unspecified atom stereocenters. The number of nitroso groups, excluding NO2 is 1. The summed E-state index contributed by atoms with van der Waals surface area (Å²) in [5, 5.41) is 13.0. The topological polar surface area (TPSA) is 52.9 Å². The lowest BCUT2D eigenvalue weighted by Crippen LogP contribution is -2.37. The average molecular weight is 144 g/mol. The minimum absolute atomic E-state index is 0.0220. The maximum Gasteiger partial charge on any atom is 0.0733 e. The summed E-state index contributed by atoms with van der Waals surface area (Å²) in [4.78, 5) is 10.1. The molecule has 58 valence electrons. The van der Waals surface area contributed by atoms with Crippen molar-refractivity contribution in [3.63, 3.8) is 0 Å². The SMILES string of the molecule is O=NN1CCCCC1CO. The van der Waals surface area contributed by atoms with E-state index in [9.17, 15) is 4.91 Å². The lowest BCUT2D eigenvalue weighted by molar-refractivity contribution is 0.0918. The van der Waals surface area contributed by atoms with Crippen LogP contribution in [-0.2, 0) is 0 Å². The maximum absolute atomic E-state index is 10.1. The molecule has 1 atom stereocenters. The third kappa shape index (κ3) is 1.44. The highest BCUT2D eigenvalue weighted by molar-refractivity contribution is 4.72. The molecular formula is C6H12N2O2. The number of aliphatic hydroxyl groups is 1. The van der Waals surface area contributed by atoms with Crippen molar-refractivity contribution in [1.29, 1.82) is 0 Å². The molecule has 1 heterocycles. The molecule has 0 saturated carbocycles. The Hall–Kier alpha value is -0.640. The number of hydrogen-bond acceptors (Lipinski definition) is 3. The first-order valence-corrected chi connectivity index (χ1v) is 3.59. The average Bonchev–Trinajstić information content (AvgIpc) is 2.04. The van der Waals surface area contributed by atoms with Gasteiger partial charge < -0.3 is 5.11 Å². The van der Waals surface area contributed by atoms with E-state index in [1.165, 1.54) is 5.01 Å². The molecule has 0 aliphatic carbocycles. The number of hydrogen-bond donors (Lipinski definition) is 1. The zero-order valence-corrected chi connectivity index (χ0v) is 5.86. The van der Waals surface area contributed by atoms with Crippen LogP contribution in [0.1, 0.15) is 19.3 Å². The van der Waals surface area contributed by atoms with Crippen molar-refractivity contribution >= 4 is 0 Å². The minimum Gasteiger partial charge on any atom is -0.394 e. The zero-order valence-electron chi connectivity index (χ0n) is 5.86. The second-order valence-corrected chi connectivity index (χ2v) is 2.58. The van der Waals surface area contributed by atoms with Gasteiger partial charge in [-0.1, -0.05) is 0 Å². The standard InChI is InChI=1S/C6H12N2O2/c9-5-6-3-1-2-4-8(6)7-10/h6,9H,1-5H2. The highest BCUT2D eigenvalue weighted by Crippen LogP contribution is 2.15. The Kier molecular flexibility index (Phi) is 2.62. The molecule has 10 heavy (non-hydrogen) atoms. The van der Waals surface area contributed by atoms with Gasteiger partial charge >= 0.3 is 0 Å². The Morgan fingerprint density at radius 2 is 2.40 bits per heavy atom. The van der Waals surface area contributed by atoms with Crippen molar-refractivity contribution in [3.8, 4) is 0 Å². The van der Waals surface area contributed by atoms with Gasteiger partial charge in [-0.2, -0.15) is 0 Å². The molecule has 1 aliphatic rings. The number of nitrogens with zero attached hydrogens (tertiary/aromatic N) is 2. The highest BCUT2D eigenvalue weighted by atomic mass is 16.3. The van der Waals surface area contributed by atoms with Crippen LogP contribution in [0.15, 0.2) is 5.29 Å². The fraction of sp³-hybridized carbons (Fsp3) is 1.00. The van der Waals surface area contributed by atoms with Gasteiger partial charge in [0.2, 0.25) is 0 Å². The summed E-state index contributed by atoms with van der Waals surface area (Å²) in [6.45, 7) is 0.750. The highest BCUT2D eigenvalue weighted by Gasteiger charge is 2.20. The largest absolute Gasteiger partial charge is 0.394 e. The molecule has 1 rings (SSSR count). The minimum atomic E-state index is -0.0220. The van der Waals surface area contributed by atoms with Gasteiger partial charge in [-0.15, -0.1) is 4.91 Å². The van der Waals surface area contributed by atoms with Crippen molar-refractivity contribution in [2.75, 3.05) is 13.2 Å². The fourth-order valence-corrected chi connectivity index (χ4v) is 1.28. The van der Waals surface area contributed by atoms with Crippen LogP contribution in [0.25, 0.3) is 0 Å². The molecule has 1 fully saturated rings. The van der Waals surface area contributed by atoms with Crippen molar-refractivity contribution in [2.45, 2.75) is 25.3 Å². The van der Waals surface area contributed by atoms with Gasteiger partial charge in [0, 0.05) is 6.54 Å². The predicted molar refractivity (Wildman–Crippen MR) is 37.2 cm³/mol. The van der Waals surface area contributed by atoms with E-state index in [1.54, 1.807) is 0 Å². The molecule has 4 nitrogen and oxygen atoms in total. The number of piperidine rings is 1. The molecule has 0 aromatic heterocycles. The maximum atomic E-state index is 10.1. The van der Waals surface area contributed by atoms with Gasteiger partial charge in [0.15, 0.2) is 0 Å². The molecule has 0 spiro atoms. The van der Waals surface area contributed by atoms with E-state index in [2.05, 4.69) is 5.29 Å². The summed E-state index contributed by atoms with van der Waals surface area (Å²) >= 11 is 0. The van der Waals surface area contributed by atoms with E-state index in [-0.39, 0.29) is 12.6 Å². The van der Waals surface area contributed by atoms with Crippen LogP contribution >= 0.6 is 0 Å². The van der Waals surface area contributed by atoms with Gasteiger partial charge in [0.25, 0.3) is 0 Å². The third-order valence-corrected chi connectivity index (χ3v) is 1.91. The van der Waals surface area contributed by atoms with Crippen LogP contribution in [0.2, 0.25) is 0 Å². The first-order chi connectivity index (χ1) is 4.88. The van der Waals surface area contributed by atoms with Crippen molar-refractivity contribution in [1.82, 2.24) is 5.01 Å². The zero-order chi connectivity index (χ0) is 7.40. The molecular weight excluding hydrogens is 132 g/mol. The van der Waals surface area contributed by atoms with Gasteiger partial charge in [-0.25, -0.2) is 0 Å². The van der Waals surface area contributed by atoms with Crippen LogP contribution in [-0.4, -0.2) is 29.3 Å². The molecule has 0 aromatic carbocycles.